The molecule has 0 bridgehead atoms. The lowest BCUT2D eigenvalue weighted by molar-refractivity contribution is -0.119. The number of carbonyl (C=O) groups is 2. The molecule has 1 atom stereocenters. The maximum atomic E-state index is 12.6. The maximum Gasteiger partial charge on any atom is 0.275 e. The molecule has 25 heavy (non-hydrogen) atoms. The molecule has 0 spiro atoms. The van der Waals surface area contributed by atoms with Crippen molar-refractivity contribution in [1.29, 1.82) is 0 Å². The summed E-state index contributed by atoms with van der Waals surface area (Å²) < 4.78 is 1.57. The summed E-state index contributed by atoms with van der Waals surface area (Å²) in [6.07, 6.45) is 0.537. The van der Waals surface area contributed by atoms with Crippen LogP contribution in [0.2, 0.25) is 0 Å². The standard InChI is InChI=1S/C18H17N5O2/c1-10-9-12-15(22-23(2)16(12)21-17(10)24)20-18(25)14-8-7-11-5-3-4-6-13(11)19-14/h3-8,10H,9H2,1-2H3,(H,21,24)(H,20,22,25). The zero-order chi connectivity index (χ0) is 17.6. The Morgan fingerprint density at radius 3 is 2.92 bits per heavy atom. The van der Waals surface area contributed by atoms with Crippen LogP contribution in [0.15, 0.2) is 36.4 Å². The van der Waals surface area contributed by atoms with Crippen molar-refractivity contribution in [2.45, 2.75) is 13.3 Å². The molecule has 2 amide bonds. The van der Waals surface area contributed by atoms with E-state index in [0.29, 0.717) is 23.8 Å². The highest BCUT2D eigenvalue weighted by Gasteiger charge is 2.29. The number of anilines is 2. The van der Waals surface area contributed by atoms with Gasteiger partial charge in [-0.25, -0.2) is 4.98 Å². The summed E-state index contributed by atoms with van der Waals surface area (Å²) in [7, 11) is 1.74. The molecule has 2 aromatic heterocycles. The molecule has 0 saturated carbocycles. The van der Waals surface area contributed by atoms with E-state index in [1.165, 1.54) is 0 Å². The van der Waals surface area contributed by atoms with E-state index in [2.05, 4.69) is 20.7 Å². The summed E-state index contributed by atoms with van der Waals surface area (Å²) >= 11 is 0. The van der Waals surface area contributed by atoms with E-state index in [9.17, 15) is 9.59 Å². The summed E-state index contributed by atoms with van der Waals surface area (Å²) in [6, 6.07) is 11.2. The second kappa shape index (κ2) is 5.70. The molecule has 1 aliphatic rings. The van der Waals surface area contributed by atoms with Gasteiger partial charge in [-0.05, 0) is 18.6 Å². The van der Waals surface area contributed by atoms with Gasteiger partial charge in [0.2, 0.25) is 5.91 Å². The number of fused-ring (bicyclic) bond motifs is 2. The number of nitrogens with one attached hydrogen (secondary N) is 2. The number of nitrogens with zero attached hydrogens (tertiary/aromatic N) is 3. The molecule has 1 aromatic carbocycles. The lowest BCUT2D eigenvalue weighted by atomic mass is 9.98. The maximum absolute atomic E-state index is 12.6. The second-order valence-electron chi connectivity index (χ2n) is 6.24. The van der Waals surface area contributed by atoms with Gasteiger partial charge in [0.1, 0.15) is 11.5 Å². The Hall–Kier alpha value is -3.22. The van der Waals surface area contributed by atoms with Crippen LogP contribution in [-0.2, 0) is 18.3 Å². The quantitative estimate of drug-likeness (QED) is 0.752. The Kier molecular flexibility index (Phi) is 3.49. The van der Waals surface area contributed by atoms with E-state index in [-0.39, 0.29) is 17.7 Å². The van der Waals surface area contributed by atoms with Gasteiger partial charge < -0.3 is 10.6 Å². The molecule has 3 heterocycles. The Balaban J connectivity index is 1.65. The van der Waals surface area contributed by atoms with Crippen molar-refractivity contribution in [2.24, 2.45) is 13.0 Å². The Labute approximate surface area is 144 Å². The fraction of sp³-hybridized carbons (Fsp3) is 0.222. The van der Waals surface area contributed by atoms with Crippen LogP contribution in [0.1, 0.15) is 23.0 Å². The van der Waals surface area contributed by atoms with Gasteiger partial charge in [-0.3, -0.25) is 14.3 Å². The van der Waals surface area contributed by atoms with Gasteiger partial charge in [0.15, 0.2) is 5.82 Å². The molecule has 0 aliphatic carbocycles. The molecule has 4 rings (SSSR count). The van der Waals surface area contributed by atoms with Crippen LogP contribution in [0.4, 0.5) is 11.6 Å². The highest BCUT2D eigenvalue weighted by atomic mass is 16.2. The van der Waals surface area contributed by atoms with E-state index in [1.54, 1.807) is 17.8 Å². The average molecular weight is 335 g/mol. The number of benzene rings is 1. The number of carbonyl (C=O) groups excluding carboxylic acids is 2. The molecule has 7 heteroatoms. The highest BCUT2D eigenvalue weighted by Crippen LogP contribution is 2.31. The van der Waals surface area contributed by atoms with E-state index in [4.69, 9.17) is 0 Å². The predicted octanol–water partition coefficient (Wildman–Crippen LogP) is 2.35. The van der Waals surface area contributed by atoms with E-state index >= 15 is 0 Å². The van der Waals surface area contributed by atoms with E-state index in [0.717, 1.165) is 16.5 Å². The first-order valence-corrected chi connectivity index (χ1v) is 8.07. The normalized spacial score (nSPS) is 16.4. The number of hydrogen-bond donors (Lipinski definition) is 2. The summed E-state index contributed by atoms with van der Waals surface area (Å²) in [5, 5.41) is 11.0. The van der Waals surface area contributed by atoms with Crippen molar-refractivity contribution < 1.29 is 9.59 Å². The fourth-order valence-electron chi connectivity index (χ4n) is 3.02. The Morgan fingerprint density at radius 1 is 1.28 bits per heavy atom. The van der Waals surface area contributed by atoms with Crippen LogP contribution < -0.4 is 10.6 Å². The van der Waals surface area contributed by atoms with Gasteiger partial charge in [0.05, 0.1) is 5.52 Å². The number of aromatic nitrogens is 3. The van der Waals surface area contributed by atoms with Crippen LogP contribution in [0.5, 0.6) is 0 Å². The number of rotatable bonds is 2. The zero-order valence-electron chi connectivity index (χ0n) is 13.9. The molecule has 2 N–H and O–H groups in total. The van der Waals surface area contributed by atoms with Crippen LogP contribution >= 0.6 is 0 Å². The number of amides is 2. The third-order valence-corrected chi connectivity index (χ3v) is 4.41. The predicted molar refractivity (Wildman–Crippen MR) is 94.4 cm³/mol. The molecule has 7 nitrogen and oxygen atoms in total. The van der Waals surface area contributed by atoms with Crippen molar-refractivity contribution in [3.8, 4) is 0 Å². The van der Waals surface area contributed by atoms with Crippen LogP contribution in [0.25, 0.3) is 10.9 Å². The lowest BCUT2D eigenvalue weighted by Crippen LogP contribution is -2.28. The Morgan fingerprint density at radius 2 is 2.08 bits per heavy atom. The molecule has 1 unspecified atom stereocenters. The molecule has 0 radical (unpaired) electrons. The van der Waals surface area contributed by atoms with Crippen LogP contribution in [0.3, 0.4) is 0 Å². The highest BCUT2D eigenvalue weighted by molar-refractivity contribution is 6.05. The smallest absolute Gasteiger partial charge is 0.275 e. The Bertz CT molecular complexity index is 1010. The molecule has 1 aliphatic heterocycles. The summed E-state index contributed by atoms with van der Waals surface area (Å²) in [5.74, 6) is 0.570. The number of pyridine rings is 1. The second-order valence-corrected chi connectivity index (χ2v) is 6.24. The van der Waals surface area contributed by atoms with Gasteiger partial charge in [-0.1, -0.05) is 31.2 Å². The van der Waals surface area contributed by atoms with E-state index in [1.807, 2.05) is 37.3 Å². The third-order valence-electron chi connectivity index (χ3n) is 4.41. The SMILES string of the molecule is CC1Cc2c(NC(=O)c3ccc4ccccc4n3)nn(C)c2NC1=O. The van der Waals surface area contributed by atoms with Crippen molar-refractivity contribution in [1.82, 2.24) is 14.8 Å². The van der Waals surface area contributed by atoms with Crippen molar-refractivity contribution in [2.75, 3.05) is 10.6 Å². The third kappa shape index (κ3) is 2.63. The first-order valence-electron chi connectivity index (χ1n) is 8.07. The number of aryl methyl sites for hydroxylation is 1. The fourth-order valence-corrected chi connectivity index (χ4v) is 3.02. The minimum absolute atomic E-state index is 0.0374. The first-order chi connectivity index (χ1) is 12.0. The van der Waals surface area contributed by atoms with Gasteiger partial charge in [0.25, 0.3) is 5.91 Å². The lowest BCUT2D eigenvalue weighted by Gasteiger charge is -2.19. The van der Waals surface area contributed by atoms with Crippen molar-refractivity contribution in [3.05, 3.63) is 47.7 Å². The van der Waals surface area contributed by atoms with Gasteiger partial charge >= 0.3 is 0 Å². The summed E-state index contributed by atoms with van der Waals surface area (Å²) in [4.78, 5) is 28.8. The average Bonchev–Trinajstić information content (AvgIpc) is 2.90. The number of para-hydroxylation sites is 1. The van der Waals surface area contributed by atoms with Crippen LogP contribution in [-0.4, -0.2) is 26.6 Å². The van der Waals surface area contributed by atoms with Gasteiger partial charge in [0, 0.05) is 23.9 Å². The molecule has 0 fully saturated rings. The van der Waals surface area contributed by atoms with Gasteiger partial charge in [-0.15, -0.1) is 0 Å². The van der Waals surface area contributed by atoms with E-state index < -0.39 is 0 Å². The van der Waals surface area contributed by atoms with Gasteiger partial charge in [-0.2, -0.15) is 5.10 Å². The summed E-state index contributed by atoms with van der Waals surface area (Å²) in [5.41, 5.74) is 1.92. The molecule has 3 aromatic rings. The molecular formula is C18H17N5O2. The monoisotopic (exact) mass is 335 g/mol. The van der Waals surface area contributed by atoms with Crippen LogP contribution in [0, 0.1) is 5.92 Å². The molecular weight excluding hydrogens is 318 g/mol. The zero-order valence-corrected chi connectivity index (χ0v) is 13.9. The molecule has 126 valence electrons. The largest absolute Gasteiger partial charge is 0.310 e. The molecule has 0 saturated heterocycles. The minimum atomic E-state index is -0.323. The number of hydrogen-bond acceptors (Lipinski definition) is 4. The topological polar surface area (TPSA) is 88.9 Å². The van der Waals surface area contributed by atoms with Crippen molar-refractivity contribution in [3.63, 3.8) is 0 Å². The minimum Gasteiger partial charge on any atom is -0.310 e. The first kappa shape index (κ1) is 15.3. The van der Waals surface area contributed by atoms with Crippen molar-refractivity contribution >= 4 is 34.4 Å². The summed E-state index contributed by atoms with van der Waals surface area (Å²) in [6.45, 7) is 1.85.